The van der Waals surface area contributed by atoms with E-state index in [1.165, 1.54) is 0 Å². The van der Waals surface area contributed by atoms with Crippen LogP contribution in [0.3, 0.4) is 0 Å². The summed E-state index contributed by atoms with van der Waals surface area (Å²) >= 11 is 6.17. The van der Waals surface area contributed by atoms with E-state index >= 15 is 0 Å². The smallest absolute Gasteiger partial charge is 0.317 e. The molecule has 0 atom stereocenters. The van der Waals surface area contributed by atoms with E-state index in [-0.39, 0.29) is 6.03 Å². The Morgan fingerprint density at radius 2 is 1.94 bits per heavy atom. The lowest BCUT2D eigenvalue weighted by Crippen LogP contribution is -2.51. The molecule has 1 aliphatic heterocycles. The molecule has 0 unspecified atom stereocenters. The van der Waals surface area contributed by atoms with Gasteiger partial charge in [-0.25, -0.2) is 4.79 Å². The predicted molar refractivity (Wildman–Crippen MR) is 74.3 cm³/mol. The fourth-order valence-corrected chi connectivity index (χ4v) is 2.38. The van der Waals surface area contributed by atoms with Crippen molar-refractivity contribution in [1.29, 1.82) is 0 Å². The Hall–Kier alpha value is -1.42. The van der Waals surface area contributed by atoms with Gasteiger partial charge < -0.3 is 15.1 Å². The quantitative estimate of drug-likeness (QED) is 0.892. The van der Waals surface area contributed by atoms with Crippen molar-refractivity contribution < 1.29 is 4.79 Å². The highest BCUT2D eigenvalue weighted by Gasteiger charge is 2.21. The highest BCUT2D eigenvalue weighted by molar-refractivity contribution is 6.33. The normalized spacial score (nSPS) is 15.7. The van der Waals surface area contributed by atoms with Gasteiger partial charge >= 0.3 is 6.03 Å². The minimum Gasteiger partial charge on any atom is -0.367 e. The topological polar surface area (TPSA) is 35.6 Å². The molecule has 18 heavy (non-hydrogen) atoms. The maximum atomic E-state index is 11.7. The van der Waals surface area contributed by atoms with E-state index in [2.05, 4.69) is 10.2 Å². The summed E-state index contributed by atoms with van der Waals surface area (Å²) in [5, 5.41) is 3.59. The predicted octanol–water partition coefficient (Wildman–Crippen LogP) is 2.19. The summed E-state index contributed by atoms with van der Waals surface area (Å²) in [4.78, 5) is 15.7. The number of hydrogen-bond donors (Lipinski definition) is 1. The average Bonchev–Trinajstić information content (AvgIpc) is 2.40. The van der Waals surface area contributed by atoms with Gasteiger partial charge in [-0.3, -0.25) is 0 Å². The number of carbonyl (C=O) groups is 1. The van der Waals surface area contributed by atoms with Gasteiger partial charge in [0.2, 0.25) is 0 Å². The molecular weight excluding hydrogens is 250 g/mol. The summed E-state index contributed by atoms with van der Waals surface area (Å²) in [7, 11) is 0. The third-order valence-electron chi connectivity index (χ3n) is 3.09. The number of nitrogens with one attached hydrogen (secondary N) is 1. The largest absolute Gasteiger partial charge is 0.367 e. The van der Waals surface area contributed by atoms with Gasteiger partial charge in [-0.05, 0) is 19.1 Å². The van der Waals surface area contributed by atoms with Crippen molar-refractivity contribution in [2.24, 2.45) is 0 Å². The molecule has 0 aromatic heterocycles. The van der Waals surface area contributed by atoms with Crippen LogP contribution in [-0.2, 0) is 0 Å². The number of halogens is 1. The SMILES string of the molecule is CCNC(=O)N1CCN(c2ccccc2Cl)CC1. The van der Waals surface area contributed by atoms with Crippen LogP contribution >= 0.6 is 11.6 Å². The molecule has 1 heterocycles. The highest BCUT2D eigenvalue weighted by Crippen LogP contribution is 2.25. The number of piperazine rings is 1. The first kappa shape index (κ1) is 13.0. The lowest BCUT2D eigenvalue weighted by molar-refractivity contribution is 0.195. The number of hydrogen-bond acceptors (Lipinski definition) is 2. The number of amides is 2. The Morgan fingerprint density at radius 1 is 1.28 bits per heavy atom. The third kappa shape index (κ3) is 2.88. The van der Waals surface area contributed by atoms with Crippen molar-refractivity contribution in [3.05, 3.63) is 29.3 Å². The highest BCUT2D eigenvalue weighted by atomic mass is 35.5. The van der Waals surface area contributed by atoms with E-state index in [1.807, 2.05) is 36.1 Å². The maximum absolute atomic E-state index is 11.7. The Labute approximate surface area is 113 Å². The Bertz CT molecular complexity index is 416. The van der Waals surface area contributed by atoms with Crippen molar-refractivity contribution in [1.82, 2.24) is 10.2 Å². The summed E-state index contributed by atoms with van der Waals surface area (Å²) in [5.74, 6) is 0. The third-order valence-corrected chi connectivity index (χ3v) is 3.41. The van der Waals surface area contributed by atoms with E-state index in [9.17, 15) is 4.79 Å². The summed E-state index contributed by atoms with van der Waals surface area (Å²) in [6.45, 7) is 5.71. The molecule has 98 valence electrons. The van der Waals surface area contributed by atoms with E-state index in [0.717, 1.165) is 36.9 Å². The number of para-hydroxylation sites is 1. The van der Waals surface area contributed by atoms with Crippen LogP contribution < -0.4 is 10.2 Å². The zero-order valence-electron chi connectivity index (χ0n) is 10.5. The molecule has 0 aliphatic carbocycles. The number of benzene rings is 1. The van der Waals surface area contributed by atoms with E-state index in [1.54, 1.807) is 0 Å². The minimum absolute atomic E-state index is 0.0244. The number of anilines is 1. The molecule has 1 aromatic carbocycles. The Balaban J connectivity index is 1.95. The van der Waals surface area contributed by atoms with Crippen LogP contribution in [-0.4, -0.2) is 43.7 Å². The summed E-state index contributed by atoms with van der Waals surface area (Å²) in [5.41, 5.74) is 1.05. The molecule has 5 heteroatoms. The van der Waals surface area contributed by atoms with Crippen LogP contribution in [0.25, 0.3) is 0 Å². The van der Waals surface area contributed by atoms with E-state index in [0.29, 0.717) is 6.54 Å². The van der Waals surface area contributed by atoms with Crippen LogP contribution in [0, 0.1) is 0 Å². The molecule has 0 radical (unpaired) electrons. The molecule has 1 saturated heterocycles. The Morgan fingerprint density at radius 3 is 2.56 bits per heavy atom. The van der Waals surface area contributed by atoms with Crippen molar-refractivity contribution in [2.45, 2.75) is 6.92 Å². The zero-order chi connectivity index (χ0) is 13.0. The van der Waals surface area contributed by atoms with Crippen molar-refractivity contribution >= 4 is 23.3 Å². The molecule has 4 nitrogen and oxygen atoms in total. The van der Waals surface area contributed by atoms with Gasteiger partial charge in [-0.2, -0.15) is 0 Å². The fraction of sp³-hybridized carbons (Fsp3) is 0.462. The molecule has 2 rings (SSSR count). The van der Waals surface area contributed by atoms with Crippen LogP contribution in [0.2, 0.25) is 5.02 Å². The van der Waals surface area contributed by atoms with Gasteiger partial charge in [0.15, 0.2) is 0 Å². The number of carbonyl (C=O) groups excluding carboxylic acids is 1. The first-order valence-electron chi connectivity index (χ1n) is 6.24. The van der Waals surface area contributed by atoms with Gasteiger partial charge in [-0.1, -0.05) is 23.7 Å². The zero-order valence-corrected chi connectivity index (χ0v) is 11.3. The molecule has 1 fully saturated rings. The summed E-state index contributed by atoms with van der Waals surface area (Å²) in [6.07, 6.45) is 0. The van der Waals surface area contributed by atoms with Gasteiger partial charge in [0.1, 0.15) is 0 Å². The lowest BCUT2D eigenvalue weighted by atomic mass is 10.2. The molecule has 1 aromatic rings. The van der Waals surface area contributed by atoms with Crippen LogP contribution in [0.15, 0.2) is 24.3 Å². The first-order chi connectivity index (χ1) is 8.72. The molecule has 0 spiro atoms. The molecule has 1 aliphatic rings. The van der Waals surface area contributed by atoms with Crippen molar-refractivity contribution in [3.8, 4) is 0 Å². The van der Waals surface area contributed by atoms with Gasteiger partial charge in [0.05, 0.1) is 10.7 Å². The minimum atomic E-state index is 0.0244. The maximum Gasteiger partial charge on any atom is 0.317 e. The van der Waals surface area contributed by atoms with Crippen LogP contribution in [0.1, 0.15) is 6.92 Å². The van der Waals surface area contributed by atoms with Crippen LogP contribution in [0.5, 0.6) is 0 Å². The number of rotatable bonds is 2. The molecular formula is C13H18ClN3O. The van der Waals surface area contributed by atoms with Crippen molar-refractivity contribution in [2.75, 3.05) is 37.6 Å². The molecule has 1 N–H and O–H groups in total. The average molecular weight is 268 g/mol. The van der Waals surface area contributed by atoms with Crippen molar-refractivity contribution in [3.63, 3.8) is 0 Å². The number of urea groups is 1. The second-order valence-corrected chi connectivity index (χ2v) is 4.67. The van der Waals surface area contributed by atoms with Crippen LogP contribution in [0.4, 0.5) is 10.5 Å². The molecule has 0 bridgehead atoms. The molecule has 0 saturated carbocycles. The summed E-state index contributed by atoms with van der Waals surface area (Å²) < 4.78 is 0. The standard InChI is InChI=1S/C13H18ClN3O/c1-2-15-13(18)17-9-7-16(8-10-17)12-6-4-3-5-11(12)14/h3-6H,2,7-10H2,1H3,(H,15,18). The first-order valence-corrected chi connectivity index (χ1v) is 6.62. The van der Waals surface area contributed by atoms with E-state index < -0.39 is 0 Å². The van der Waals surface area contributed by atoms with Gasteiger partial charge in [0, 0.05) is 32.7 Å². The second kappa shape index (κ2) is 5.96. The second-order valence-electron chi connectivity index (χ2n) is 4.26. The van der Waals surface area contributed by atoms with E-state index in [4.69, 9.17) is 11.6 Å². The summed E-state index contributed by atoms with van der Waals surface area (Å²) in [6, 6.07) is 7.85. The van der Waals surface area contributed by atoms with Gasteiger partial charge in [0.25, 0.3) is 0 Å². The monoisotopic (exact) mass is 267 g/mol. The van der Waals surface area contributed by atoms with Gasteiger partial charge in [-0.15, -0.1) is 0 Å². The Kier molecular flexibility index (Phi) is 4.31. The molecule has 2 amide bonds. The number of nitrogens with zero attached hydrogens (tertiary/aromatic N) is 2. The lowest BCUT2D eigenvalue weighted by Gasteiger charge is -2.36. The fourth-order valence-electron chi connectivity index (χ4n) is 2.12.